The van der Waals surface area contributed by atoms with E-state index < -0.39 is 10.9 Å². The number of hydrogen-bond acceptors (Lipinski definition) is 9. The van der Waals surface area contributed by atoms with Crippen LogP contribution in [-0.2, 0) is 17.8 Å². The van der Waals surface area contributed by atoms with E-state index in [0.717, 1.165) is 31.7 Å². The van der Waals surface area contributed by atoms with Crippen molar-refractivity contribution < 1.29 is 28.7 Å². The second kappa shape index (κ2) is 11.7. The monoisotopic (exact) mass is 473 g/mol. The third kappa shape index (κ3) is 5.75. The number of carbonyl (C=O) groups is 1. The minimum absolute atomic E-state index is 0.00513. The lowest BCUT2D eigenvalue weighted by atomic mass is 10.1. The van der Waals surface area contributed by atoms with Gasteiger partial charge in [0.1, 0.15) is 0 Å². The molecular weight excluding hydrogens is 442 g/mol. The molecular formula is C24H31N3O7. The number of benzene rings is 2. The lowest BCUT2D eigenvalue weighted by Crippen LogP contribution is -2.45. The van der Waals surface area contributed by atoms with Gasteiger partial charge in [-0.15, -0.1) is 0 Å². The first-order chi connectivity index (χ1) is 16.4. The molecule has 0 aromatic heterocycles. The molecule has 1 fully saturated rings. The number of nitrogens with zero attached hydrogens (tertiary/aromatic N) is 3. The summed E-state index contributed by atoms with van der Waals surface area (Å²) in [4.78, 5) is 27.6. The van der Waals surface area contributed by atoms with Gasteiger partial charge in [0.2, 0.25) is 5.75 Å². The Kier molecular flexibility index (Phi) is 8.67. The van der Waals surface area contributed by atoms with Crippen molar-refractivity contribution in [3.8, 4) is 17.2 Å². The van der Waals surface area contributed by atoms with Gasteiger partial charge >= 0.3 is 5.97 Å². The molecule has 0 bridgehead atoms. The maximum atomic E-state index is 12.1. The molecule has 0 radical (unpaired) electrons. The molecule has 10 nitrogen and oxygen atoms in total. The highest BCUT2D eigenvalue weighted by atomic mass is 16.6. The lowest BCUT2D eigenvalue weighted by Gasteiger charge is -2.35. The van der Waals surface area contributed by atoms with Crippen LogP contribution in [0.5, 0.6) is 17.2 Å². The lowest BCUT2D eigenvalue weighted by molar-refractivity contribution is -0.385. The maximum Gasteiger partial charge on any atom is 0.338 e. The minimum atomic E-state index is -0.479. The van der Waals surface area contributed by atoms with Crippen molar-refractivity contribution in [3.63, 3.8) is 0 Å². The molecule has 184 valence electrons. The molecule has 0 atom stereocenters. The first-order valence-electron chi connectivity index (χ1n) is 11.1. The molecule has 1 aliphatic rings. The molecule has 34 heavy (non-hydrogen) atoms. The zero-order valence-electron chi connectivity index (χ0n) is 20.0. The van der Waals surface area contributed by atoms with E-state index in [1.807, 2.05) is 12.1 Å². The number of methoxy groups -OCH3 is 3. The SMILES string of the molecule is CCOC(=O)c1ccc([N+](=O)[O-])c(CN2CCN(Cc3ccc(OC)c(OC)c3OC)CC2)c1. The quantitative estimate of drug-likeness (QED) is 0.292. The first kappa shape index (κ1) is 25.3. The van der Waals surface area contributed by atoms with Gasteiger partial charge in [-0.25, -0.2) is 4.79 Å². The normalized spacial score (nSPS) is 14.5. The number of esters is 1. The number of rotatable bonds is 10. The standard InChI is InChI=1S/C24H31N3O7/c1-5-34-24(28)17-6-8-20(27(29)30)19(14-17)16-26-12-10-25(11-13-26)15-18-7-9-21(31-2)23(33-4)22(18)32-3/h6-9,14H,5,10-13,15-16H2,1-4H3. The fourth-order valence-corrected chi connectivity index (χ4v) is 4.11. The largest absolute Gasteiger partial charge is 0.493 e. The number of nitro groups is 1. The third-order valence-electron chi connectivity index (χ3n) is 5.83. The van der Waals surface area contributed by atoms with E-state index in [9.17, 15) is 14.9 Å². The van der Waals surface area contributed by atoms with Crippen LogP contribution in [0.15, 0.2) is 30.3 Å². The molecule has 1 heterocycles. The Balaban J connectivity index is 1.67. The first-order valence-corrected chi connectivity index (χ1v) is 11.1. The molecule has 0 aliphatic carbocycles. The van der Waals surface area contributed by atoms with E-state index in [0.29, 0.717) is 41.5 Å². The molecule has 1 aliphatic heterocycles. The number of piperazine rings is 1. The van der Waals surface area contributed by atoms with E-state index >= 15 is 0 Å². The Morgan fingerprint density at radius 1 is 0.912 bits per heavy atom. The molecule has 2 aromatic carbocycles. The molecule has 1 saturated heterocycles. The topological polar surface area (TPSA) is 104 Å². The van der Waals surface area contributed by atoms with Crippen LogP contribution < -0.4 is 14.2 Å². The molecule has 0 amide bonds. The highest BCUT2D eigenvalue weighted by Gasteiger charge is 2.24. The van der Waals surface area contributed by atoms with Gasteiger partial charge in [0.15, 0.2) is 11.5 Å². The van der Waals surface area contributed by atoms with Gasteiger partial charge in [0.05, 0.1) is 38.4 Å². The van der Waals surface area contributed by atoms with Crippen LogP contribution in [0.25, 0.3) is 0 Å². The van der Waals surface area contributed by atoms with Crippen LogP contribution in [0.4, 0.5) is 5.69 Å². The Morgan fingerprint density at radius 3 is 2.06 bits per heavy atom. The van der Waals surface area contributed by atoms with Gasteiger partial charge in [-0.05, 0) is 25.1 Å². The van der Waals surface area contributed by atoms with Crippen molar-refractivity contribution in [1.29, 1.82) is 0 Å². The van der Waals surface area contributed by atoms with Crippen LogP contribution in [-0.4, -0.2) is 74.8 Å². The fourth-order valence-electron chi connectivity index (χ4n) is 4.11. The summed E-state index contributed by atoms with van der Waals surface area (Å²) >= 11 is 0. The second-order valence-corrected chi connectivity index (χ2v) is 7.87. The van der Waals surface area contributed by atoms with Gasteiger partial charge in [-0.3, -0.25) is 19.9 Å². The summed E-state index contributed by atoms with van der Waals surface area (Å²) in [5, 5.41) is 11.5. The smallest absolute Gasteiger partial charge is 0.338 e. The summed E-state index contributed by atoms with van der Waals surface area (Å²) in [5.41, 5.74) is 1.82. The Bertz CT molecular complexity index is 1020. The fraction of sp³-hybridized carbons (Fsp3) is 0.458. The van der Waals surface area contributed by atoms with Crippen molar-refractivity contribution in [2.75, 3.05) is 54.1 Å². The minimum Gasteiger partial charge on any atom is -0.493 e. The van der Waals surface area contributed by atoms with Crippen molar-refractivity contribution in [2.45, 2.75) is 20.0 Å². The zero-order chi connectivity index (χ0) is 24.7. The van der Waals surface area contributed by atoms with Crippen LogP contribution in [0.3, 0.4) is 0 Å². The average molecular weight is 474 g/mol. The Morgan fingerprint density at radius 2 is 1.53 bits per heavy atom. The maximum absolute atomic E-state index is 12.1. The molecule has 2 aromatic rings. The summed E-state index contributed by atoms with van der Waals surface area (Å²) in [6.45, 7) is 6.06. The van der Waals surface area contributed by atoms with Crippen LogP contribution in [0.2, 0.25) is 0 Å². The summed E-state index contributed by atoms with van der Waals surface area (Å²) < 4.78 is 21.5. The van der Waals surface area contributed by atoms with E-state index in [1.165, 1.54) is 12.1 Å². The summed E-state index contributed by atoms with van der Waals surface area (Å²) in [5.74, 6) is 1.34. The van der Waals surface area contributed by atoms with Crippen molar-refractivity contribution in [2.24, 2.45) is 0 Å². The predicted octanol–water partition coefficient (Wildman–Crippen LogP) is 3.12. The zero-order valence-corrected chi connectivity index (χ0v) is 20.0. The van der Waals surface area contributed by atoms with Crippen LogP contribution >= 0.6 is 0 Å². The molecule has 0 unspecified atom stereocenters. The van der Waals surface area contributed by atoms with Crippen molar-refractivity contribution in [1.82, 2.24) is 9.80 Å². The Labute approximate surface area is 199 Å². The molecule has 10 heteroatoms. The molecule has 0 saturated carbocycles. The molecule has 0 N–H and O–H groups in total. The van der Waals surface area contributed by atoms with Crippen molar-refractivity contribution in [3.05, 3.63) is 57.1 Å². The number of carbonyl (C=O) groups excluding carboxylic acids is 1. The second-order valence-electron chi connectivity index (χ2n) is 7.87. The van der Waals surface area contributed by atoms with Gasteiger partial charge in [-0.2, -0.15) is 0 Å². The van der Waals surface area contributed by atoms with Crippen LogP contribution in [0, 0.1) is 10.1 Å². The van der Waals surface area contributed by atoms with E-state index in [1.54, 1.807) is 34.3 Å². The number of ether oxygens (including phenoxy) is 4. The number of hydrogen-bond donors (Lipinski definition) is 0. The summed E-state index contributed by atoms with van der Waals surface area (Å²) in [7, 11) is 4.78. The van der Waals surface area contributed by atoms with E-state index in [2.05, 4.69) is 9.80 Å². The van der Waals surface area contributed by atoms with Crippen LogP contribution in [0.1, 0.15) is 28.4 Å². The van der Waals surface area contributed by atoms with Crippen molar-refractivity contribution >= 4 is 11.7 Å². The number of nitro benzene ring substituents is 1. The summed E-state index contributed by atoms with van der Waals surface area (Å²) in [6, 6.07) is 8.21. The predicted molar refractivity (Wildman–Crippen MR) is 126 cm³/mol. The highest BCUT2D eigenvalue weighted by molar-refractivity contribution is 5.90. The average Bonchev–Trinajstić information content (AvgIpc) is 2.84. The third-order valence-corrected chi connectivity index (χ3v) is 5.83. The van der Waals surface area contributed by atoms with E-state index in [4.69, 9.17) is 18.9 Å². The highest BCUT2D eigenvalue weighted by Crippen LogP contribution is 2.40. The van der Waals surface area contributed by atoms with Gasteiger partial charge in [0, 0.05) is 56.5 Å². The summed E-state index contributed by atoms with van der Waals surface area (Å²) in [6.07, 6.45) is 0. The van der Waals surface area contributed by atoms with Gasteiger partial charge in [-0.1, -0.05) is 6.07 Å². The Hall–Kier alpha value is -3.37. The van der Waals surface area contributed by atoms with Gasteiger partial charge < -0.3 is 18.9 Å². The van der Waals surface area contributed by atoms with E-state index in [-0.39, 0.29) is 12.3 Å². The molecule has 0 spiro atoms. The molecule has 3 rings (SSSR count). The van der Waals surface area contributed by atoms with Gasteiger partial charge in [0.25, 0.3) is 5.69 Å².